The molecular weight excluding hydrogens is 318 g/mol. The van der Waals surface area contributed by atoms with Gasteiger partial charge in [0.2, 0.25) is 17.7 Å². The lowest BCUT2D eigenvalue weighted by Crippen LogP contribution is -2.20. The van der Waals surface area contributed by atoms with Gasteiger partial charge in [-0.2, -0.15) is 0 Å². The molecule has 2 rings (SSSR count). The van der Waals surface area contributed by atoms with Crippen molar-refractivity contribution >= 4 is 17.5 Å². The highest BCUT2D eigenvalue weighted by atomic mass is 16.4. The van der Waals surface area contributed by atoms with Crippen LogP contribution in [-0.4, -0.2) is 23.3 Å². The Morgan fingerprint density at radius 2 is 1.80 bits per heavy atom. The van der Waals surface area contributed by atoms with E-state index in [0.717, 1.165) is 42.0 Å². The van der Waals surface area contributed by atoms with Gasteiger partial charge in [0, 0.05) is 31.1 Å². The summed E-state index contributed by atoms with van der Waals surface area (Å²) in [6.07, 6.45) is 3.07. The maximum absolute atomic E-state index is 11.9. The molecule has 0 radical (unpaired) electrons. The van der Waals surface area contributed by atoms with E-state index in [-0.39, 0.29) is 11.8 Å². The zero-order chi connectivity index (χ0) is 18.2. The third-order valence-corrected chi connectivity index (χ3v) is 3.90. The predicted octanol–water partition coefficient (Wildman–Crippen LogP) is 3.59. The van der Waals surface area contributed by atoms with Gasteiger partial charge in [0.15, 0.2) is 0 Å². The molecule has 6 heteroatoms. The molecule has 2 N–H and O–H groups in total. The normalized spacial score (nSPS) is 10.5. The van der Waals surface area contributed by atoms with Crippen molar-refractivity contribution in [1.29, 1.82) is 0 Å². The number of rotatable bonds is 8. The predicted molar refractivity (Wildman–Crippen MR) is 97.2 cm³/mol. The second-order valence-electron chi connectivity index (χ2n) is 6.08. The molecule has 6 nitrogen and oxygen atoms in total. The van der Waals surface area contributed by atoms with Crippen molar-refractivity contribution in [2.45, 2.75) is 46.5 Å². The van der Waals surface area contributed by atoms with Crippen molar-refractivity contribution in [3.05, 3.63) is 35.7 Å². The summed E-state index contributed by atoms with van der Waals surface area (Å²) in [5, 5.41) is 5.63. The molecule has 0 saturated carbocycles. The number of carbonyl (C=O) groups excluding carboxylic acids is 2. The van der Waals surface area contributed by atoms with Gasteiger partial charge in [0.1, 0.15) is 5.76 Å². The van der Waals surface area contributed by atoms with E-state index in [1.165, 1.54) is 6.92 Å². The van der Waals surface area contributed by atoms with Gasteiger partial charge in [-0.1, -0.05) is 6.42 Å². The Morgan fingerprint density at radius 1 is 1.08 bits per heavy atom. The molecule has 2 amide bonds. The van der Waals surface area contributed by atoms with E-state index in [0.29, 0.717) is 18.9 Å². The summed E-state index contributed by atoms with van der Waals surface area (Å²) in [7, 11) is 0. The van der Waals surface area contributed by atoms with Crippen LogP contribution in [0.25, 0.3) is 11.5 Å². The molecule has 1 aromatic heterocycles. The van der Waals surface area contributed by atoms with E-state index < -0.39 is 0 Å². The highest BCUT2D eigenvalue weighted by molar-refractivity contribution is 5.90. The Kier molecular flexibility index (Phi) is 6.74. The number of hydrogen-bond donors (Lipinski definition) is 2. The Hall–Kier alpha value is -2.63. The summed E-state index contributed by atoms with van der Waals surface area (Å²) in [5.74, 6) is 1.38. The van der Waals surface area contributed by atoms with Gasteiger partial charge in [-0.15, -0.1) is 0 Å². The number of carbonyl (C=O) groups is 2. The summed E-state index contributed by atoms with van der Waals surface area (Å²) in [5.41, 5.74) is 2.52. The lowest BCUT2D eigenvalue weighted by Gasteiger charge is -2.06. The number of amides is 2. The summed E-state index contributed by atoms with van der Waals surface area (Å²) in [4.78, 5) is 27.0. The Morgan fingerprint density at radius 3 is 2.40 bits per heavy atom. The van der Waals surface area contributed by atoms with Gasteiger partial charge in [0.05, 0.1) is 5.69 Å². The molecule has 25 heavy (non-hydrogen) atoms. The highest BCUT2D eigenvalue weighted by Crippen LogP contribution is 2.23. The van der Waals surface area contributed by atoms with E-state index in [1.54, 1.807) is 0 Å². The van der Waals surface area contributed by atoms with E-state index in [9.17, 15) is 9.59 Å². The molecule has 2 aromatic rings. The van der Waals surface area contributed by atoms with Crippen molar-refractivity contribution in [2.75, 3.05) is 11.9 Å². The fraction of sp³-hybridized carbons (Fsp3) is 0.421. The molecule has 0 unspecified atom stereocenters. The molecule has 0 spiro atoms. The number of nitrogens with zero attached hydrogens (tertiary/aromatic N) is 1. The van der Waals surface area contributed by atoms with Gasteiger partial charge in [0.25, 0.3) is 0 Å². The van der Waals surface area contributed by atoms with Crippen molar-refractivity contribution in [3.8, 4) is 11.5 Å². The number of benzene rings is 1. The van der Waals surface area contributed by atoms with Crippen LogP contribution in [0.4, 0.5) is 5.69 Å². The van der Waals surface area contributed by atoms with Gasteiger partial charge >= 0.3 is 0 Å². The lowest BCUT2D eigenvalue weighted by atomic mass is 10.1. The minimum absolute atomic E-state index is 0.00455. The van der Waals surface area contributed by atoms with E-state index in [4.69, 9.17) is 4.42 Å². The monoisotopic (exact) mass is 343 g/mol. The molecular formula is C19H25N3O3. The Labute approximate surface area is 148 Å². The third kappa shape index (κ3) is 6.06. The Bertz CT molecular complexity index is 701. The number of hydrogen-bond acceptors (Lipinski definition) is 4. The van der Waals surface area contributed by atoms with Crippen LogP contribution in [0.3, 0.4) is 0 Å². The van der Waals surface area contributed by atoms with Crippen LogP contribution in [0.1, 0.15) is 44.1 Å². The van der Waals surface area contributed by atoms with Gasteiger partial charge < -0.3 is 15.1 Å². The van der Waals surface area contributed by atoms with Gasteiger partial charge in [-0.3, -0.25) is 9.59 Å². The molecule has 134 valence electrons. The topological polar surface area (TPSA) is 84.2 Å². The lowest BCUT2D eigenvalue weighted by molar-refractivity contribution is -0.119. The molecule has 0 aliphatic carbocycles. The highest BCUT2D eigenvalue weighted by Gasteiger charge is 2.08. The van der Waals surface area contributed by atoms with Crippen LogP contribution in [0.15, 0.2) is 28.7 Å². The average molecular weight is 343 g/mol. The quantitative estimate of drug-likeness (QED) is 0.717. The molecule has 0 aliphatic rings. The fourth-order valence-corrected chi connectivity index (χ4v) is 2.37. The van der Waals surface area contributed by atoms with Crippen LogP contribution < -0.4 is 10.6 Å². The zero-order valence-corrected chi connectivity index (χ0v) is 15.0. The molecule has 0 atom stereocenters. The van der Waals surface area contributed by atoms with E-state index >= 15 is 0 Å². The third-order valence-electron chi connectivity index (χ3n) is 3.90. The number of anilines is 1. The maximum Gasteiger partial charge on any atom is 0.226 e. The Balaban J connectivity index is 1.75. The van der Waals surface area contributed by atoms with Gasteiger partial charge in [-0.25, -0.2) is 4.98 Å². The van der Waals surface area contributed by atoms with E-state index in [2.05, 4.69) is 15.6 Å². The second kappa shape index (κ2) is 9.01. The number of aryl methyl sites for hydroxylation is 2. The molecule has 0 fully saturated rings. The van der Waals surface area contributed by atoms with Crippen molar-refractivity contribution in [1.82, 2.24) is 10.3 Å². The average Bonchev–Trinajstić information content (AvgIpc) is 2.90. The number of nitrogens with one attached hydrogen (secondary N) is 2. The van der Waals surface area contributed by atoms with Crippen molar-refractivity contribution in [2.24, 2.45) is 0 Å². The molecule has 0 aliphatic heterocycles. The van der Waals surface area contributed by atoms with E-state index in [1.807, 2.05) is 38.1 Å². The molecule has 0 saturated heterocycles. The van der Waals surface area contributed by atoms with Crippen molar-refractivity contribution in [3.63, 3.8) is 0 Å². The smallest absolute Gasteiger partial charge is 0.226 e. The first-order valence-corrected chi connectivity index (χ1v) is 8.54. The summed E-state index contributed by atoms with van der Waals surface area (Å²) in [6, 6.07) is 7.46. The summed E-state index contributed by atoms with van der Waals surface area (Å²) >= 11 is 0. The SMILES string of the molecule is CC(=O)NCCCCCC(=O)Nc1ccc(-c2nc(C)c(C)o2)cc1. The zero-order valence-electron chi connectivity index (χ0n) is 15.0. The summed E-state index contributed by atoms with van der Waals surface area (Å²) in [6.45, 7) is 5.96. The van der Waals surface area contributed by atoms with Crippen LogP contribution in [0, 0.1) is 13.8 Å². The molecule has 1 heterocycles. The number of oxazole rings is 1. The second-order valence-corrected chi connectivity index (χ2v) is 6.08. The fourth-order valence-electron chi connectivity index (χ4n) is 2.37. The number of unbranched alkanes of at least 4 members (excludes halogenated alkanes) is 2. The first kappa shape index (κ1) is 18.7. The number of aromatic nitrogens is 1. The van der Waals surface area contributed by atoms with Crippen LogP contribution in [0.2, 0.25) is 0 Å². The van der Waals surface area contributed by atoms with Crippen LogP contribution in [-0.2, 0) is 9.59 Å². The first-order chi connectivity index (χ1) is 12.0. The summed E-state index contributed by atoms with van der Waals surface area (Å²) < 4.78 is 5.60. The van der Waals surface area contributed by atoms with Crippen molar-refractivity contribution < 1.29 is 14.0 Å². The molecule has 0 bridgehead atoms. The minimum Gasteiger partial charge on any atom is -0.441 e. The minimum atomic E-state index is -0.0174. The standard InChI is InChI=1S/C19H25N3O3/c1-13-14(2)25-19(21-13)16-8-10-17(11-9-16)22-18(24)7-5-4-6-12-20-15(3)23/h8-11H,4-7,12H2,1-3H3,(H,20,23)(H,22,24). The van der Waals surface area contributed by atoms with Gasteiger partial charge in [-0.05, 0) is 51.0 Å². The van der Waals surface area contributed by atoms with Crippen LogP contribution in [0.5, 0.6) is 0 Å². The molecule has 1 aromatic carbocycles. The van der Waals surface area contributed by atoms with Crippen LogP contribution >= 0.6 is 0 Å². The maximum atomic E-state index is 11.9. The first-order valence-electron chi connectivity index (χ1n) is 8.54. The largest absolute Gasteiger partial charge is 0.441 e.